The first kappa shape index (κ1) is 17.2. The second-order valence-corrected chi connectivity index (χ2v) is 6.01. The first-order valence-corrected chi connectivity index (χ1v) is 7.39. The van der Waals surface area contributed by atoms with E-state index < -0.39 is 39.3 Å². The number of rotatable bonds is 4. The Morgan fingerprint density at radius 3 is 2.61 bits per heavy atom. The summed E-state index contributed by atoms with van der Waals surface area (Å²) in [5.41, 5.74) is 2.92. The third-order valence-corrected chi connectivity index (χ3v) is 3.88. The van der Waals surface area contributed by atoms with E-state index in [1.807, 2.05) is 22.6 Å². The van der Waals surface area contributed by atoms with Crippen molar-refractivity contribution >= 4 is 62.9 Å². The molecule has 0 amide bonds. The zero-order valence-corrected chi connectivity index (χ0v) is 14.1. The normalized spacial score (nSPS) is 10.4. The Bertz CT molecular complexity index is 831. The highest BCUT2D eigenvalue weighted by molar-refractivity contribution is 14.1. The van der Waals surface area contributed by atoms with E-state index in [4.69, 9.17) is 17.3 Å². The van der Waals surface area contributed by atoms with Gasteiger partial charge in [-0.15, -0.1) is 0 Å². The van der Waals surface area contributed by atoms with Crippen LogP contribution < -0.4 is 11.1 Å². The molecule has 2 rings (SSSR count). The van der Waals surface area contributed by atoms with Gasteiger partial charge in [-0.2, -0.15) is 0 Å². The standard InChI is InChI=1S/C13H8ClFIN3O4/c14-7-3-5(16)1-2-8(7)18-12-6(13(20)21)4-9(19(22)23)11(17)10(12)15/h1-4,18H,17H2,(H,20,21). The van der Waals surface area contributed by atoms with Gasteiger partial charge >= 0.3 is 5.97 Å². The number of carbonyl (C=O) groups is 1. The minimum absolute atomic E-state index is 0.226. The molecule has 0 saturated heterocycles. The zero-order valence-electron chi connectivity index (χ0n) is 11.1. The van der Waals surface area contributed by atoms with Crippen LogP contribution in [0.4, 0.5) is 27.1 Å². The number of benzene rings is 2. The molecule has 0 aliphatic carbocycles. The van der Waals surface area contributed by atoms with E-state index in [9.17, 15) is 24.4 Å². The molecule has 7 nitrogen and oxygen atoms in total. The van der Waals surface area contributed by atoms with E-state index in [0.29, 0.717) is 6.07 Å². The molecule has 0 heterocycles. The SMILES string of the molecule is Nc1c([N+](=O)[O-])cc(C(=O)O)c(Nc2ccc(I)cc2Cl)c1F. The fourth-order valence-electron chi connectivity index (χ4n) is 1.82. The maximum absolute atomic E-state index is 14.3. The molecule has 23 heavy (non-hydrogen) atoms. The van der Waals surface area contributed by atoms with Gasteiger partial charge in [0, 0.05) is 9.64 Å². The molecule has 2 aromatic carbocycles. The van der Waals surface area contributed by atoms with Gasteiger partial charge in [0.15, 0.2) is 5.82 Å². The summed E-state index contributed by atoms with van der Waals surface area (Å²) in [6.45, 7) is 0. The van der Waals surface area contributed by atoms with Crippen LogP contribution in [0.15, 0.2) is 24.3 Å². The monoisotopic (exact) mass is 451 g/mol. The van der Waals surface area contributed by atoms with Crippen LogP contribution >= 0.6 is 34.2 Å². The Labute approximate surface area is 147 Å². The third-order valence-electron chi connectivity index (χ3n) is 2.90. The molecular formula is C13H8ClFIN3O4. The summed E-state index contributed by atoms with van der Waals surface area (Å²) in [6, 6.07) is 5.47. The Morgan fingerprint density at radius 2 is 2.09 bits per heavy atom. The number of nitrogens with zero attached hydrogens (tertiary/aromatic N) is 1. The molecule has 0 fully saturated rings. The molecule has 0 bridgehead atoms. The van der Waals surface area contributed by atoms with Crippen molar-refractivity contribution in [3.63, 3.8) is 0 Å². The molecule has 0 radical (unpaired) electrons. The lowest BCUT2D eigenvalue weighted by Crippen LogP contribution is -2.10. The van der Waals surface area contributed by atoms with Gasteiger partial charge in [0.25, 0.3) is 5.69 Å². The number of nitrogen functional groups attached to an aromatic ring is 1. The number of nitrogens with one attached hydrogen (secondary N) is 1. The van der Waals surface area contributed by atoms with Crippen LogP contribution in [-0.2, 0) is 0 Å². The van der Waals surface area contributed by atoms with Gasteiger partial charge in [0.2, 0.25) is 0 Å². The molecule has 0 aliphatic heterocycles. The summed E-state index contributed by atoms with van der Waals surface area (Å²) < 4.78 is 15.2. The fraction of sp³-hybridized carbons (Fsp3) is 0. The average molecular weight is 452 g/mol. The maximum Gasteiger partial charge on any atom is 0.338 e. The maximum atomic E-state index is 14.3. The van der Waals surface area contributed by atoms with Crippen LogP contribution in [0.1, 0.15) is 10.4 Å². The van der Waals surface area contributed by atoms with Crippen molar-refractivity contribution < 1.29 is 19.2 Å². The smallest absolute Gasteiger partial charge is 0.338 e. The second kappa shape index (κ2) is 6.54. The number of anilines is 3. The van der Waals surface area contributed by atoms with Crippen LogP contribution in [0.25, 0.3) is 0 Å². The van der Waals surface area contributed by atoms with E-state index in [-0.39, 0.29) is 10.7 Å². The Morgan fingerprint density at radius 1 is 1.43 bits per heavy atom. The predicted octanol–water partition coefficient (Wildman–Crippen LogP) is 4.02. The van der Waals surface area contributed by atoms with E-state index in [1.54, 1.807) is 12.1 Å². The molecule has 10 heteroatoms. The third kappa shape index (κ3) is 3.45. The number of hydrogen-bond donors (Lipinski definition) is 3. The summed E-state index contributed by atoms with van der Waals surface area (Å²) in [4.78, 5) is 21.2. The number of hydrogen-bond acceptors (Lipinski definition) is 5. The van der Waals surface area contributed by atoms with Gasteiger partial charge in [-0.05, 0) is 40.8 Å². The second-order valence-electron chi connectivity index (χ2n) is 4.36. The first-order valence-electron chi connectivity index (χ1n) is 5.94. The summed E-state index contributed by atoms with van der Waals surface area (Å²) in [7, 11) is 0. The minimum atomic E-state index is -1.55. The highest BCUT2D eigenvalue weighted by Gasteiger charge is 2.26. The van der Waals surface area contributed by atoms with Crippen LogP contribution in [0, 0.1) is 19.5 Å². The van der Waals surface area contributed by atoms with E-state index in [2.05, 4.69) is 5.32 Å². The van der Waals surface area contributed by atoms with Crippen LogP contribution in [0.5, 0.6) is 0 Å². The first-order chi connectivity index (χ1) is 10.7. The Hall–Kier alpha value is -2.14. The van der Waals surface area contributed by atoms with Crippen molar-refractivity contribution in [3.05, 3.63) is 54.4 Å². The molecule has 120 valence electrons. The number of halogens is 3. The van der Waals surface area contributed by atoms with Crippen molar-refractivity contribution in [1.82, 2.24) is 0 Å². The number of nitrogens with two attached hydrogens (primary N) is 1. The largest absolute Gasteiger partial charge is 0.478 e. The van der Waals surface area contributed by atoms with Gasteiger partial charge < -0.3 is 16.2 Å². The van der Waals surface area contributed by atoms with Crippen LogP contribution in [0.3, 0.4) is 0 Å². The highest BCUT2D eigenvalue weighted by Crippen LogP contribution is 2.36. The van der Waals surface area contributed by atoms with Gasteiger partial charge in [0.1, 0.15) is 5.69 Å². The van der Waals surface area contributed by atoms with Gasteiger partial charge in [-0.1, -0.05) is 11.6 Å². The van der Waals surface area contributed by atoms with Crippen LogP contribution in [-0.4, -0.2) is 16.0 Å². The summed E-state index contributed by atoms with van der Waals surface area (Å²) >= 11 is 8.03. The van der Waals surface area contributed by atoms with E-state index in [1.165, 1.54) is 6.07 Å². The van der Waals surface area contributed by atoms with E-state index >= 15 is 0 Å². The predicted molar refractivity (Wildman–Crippen MR) is 91.9 cm³/mol. The average Bonchev–Trinajstić information content (AvgIpc) is 2.45. The minimum Gasteiger partial charge on any atom is -0.478 e. The van der Waals surface area contributed by atoms with Crippen molar-refractivity contribution in [3.8, 4) is 0 Å². The van der Waals surface area contributed by atoms with Crippen molar-refractivity contribution in [2.75, 3.05) is 11.1 Å². The molecule has 0 spiro atoms. The number of carboxylic acids is 1. The molecule has 0 unspecified atom stereocenters. The van der Waals surface area contributed by atoms with Gasteiger partial charge in [-0.3, -0.25) is 10.1 Å². The van der Waals surface area contributed by atoms with Crippen molar-refractivity contribution in [2.45, 2.75) is 0 Å². The molecule has 0 aliphatic rings. The van der Waals surface area contributed by atoms with Crippen molar-refractivity contribution in [2.24, 2.45) is 0 Å². The topological polar surface area (TPSA) is 118 Å². The fourth-order valence-corrected chi connectivity index (χ4v) is 2.72. The molecule has 0 aromatic heterocycles. The lowest BCUT2D eigenvalue weighted by atomic mass is 10.1. The lowest BCUT2D eigenvalue weighted by Gasteiger charge is -2.14. The van der Waals surface area contributed by atoms with Gasteiger partial charge in [-0.25, -0.2) is 9.18 Å². The zero-order chi connectivity index (χ0) is 17.3. The quantitative estimate of drug-likeness (QED) is 0.280. The molecular weight excluding hydrogens is 444 g/mol. The number of aromatic carboxylic acids is 1. The summed E-state index contributed by atoms with van der Waals surface area (Å²) in [5, 5.41) is 22.8. The van der Waals surface area contributed by atoms with Gasteiger partial charge in [0.05, 0.1) is 26.9 Å². The molecule has 0 atom stereocenters. The summed E-state index contributed by atoms with van der Waals surface area (Å²) in [5.74, 6) is -2.78. The molecule has 2 aromatic rings. The highest BCUT2D eigenvalue weighted by atomic mass is 127. The van der Waals surface area contributed by atoms with E-state index in [0.717, 1.165) is 3.57 Å². The number of nitro benzene ring substituents is 1. The number of nitro groups is 1. The molecule has 0 saturated carbocycles. The van der Waals surface area contributed by atoms with Crippen LogP contribution in [0.2, 0.25) is 5.02 Å². The van der Waals surface area contributed by atoms with Crippen molar-refractivity contribution in [1.29, 1.82) is 0 Å². The Balaban J connectivity index is 2.63. The molecule has 4 N–H and O–H groups in total. The Kier molecular flexibility index (Phi) is 4.90. The number of carboxylic acid groups (broad SMARTS) is 1. The summed E-state index contributed by atoms with van der Waals surface area (Å²) in [6.07, 6.45) is 0. The lowest BCUT2D eigenvalue weighted by molar-refractivity contribution is -0.384.